The highest BCUT2D eigenvalue weighted by Crippen LogP contribution is 2.24. The van der Waals surface area contributed by atoms with E-state index in [4.69, 9.17) is 5.73 Å². The van der Waals surface area contributed by atoms with Gasteiger partial charge in [-0.05, 0) is 26.3 Å². The van der Waals surface area contributed by atoms with Gasteiger partial charge in [0.15, 0.2) is 0 Å². The molecule has 0 spiro atoms. The SMILES string of the molecule is CCC(C)NC(C)(C(N)=O)c1ccccc1F. The molecule has 1 rings (SSSR count). The summed E-state index contributed by atoms with van der Waals surface area (Å²) in [6.45, 7) is 5.53. The number of benzene rings is 1. The molecule has 0 radical (unpaired) electrons. The van der Waals surface area contributed by atoms with Crippen molar-refractivity contribution in [2.45, 2.75) is 38.8 Å². The molecule has 1 aromatic rings. The second-order valence-electron chi connectivity index (χ2n) is 4.42. The molecule has 3 nitrogen and oxygen atoms in total. The highest BCUT2D eigenvalue weighted by Gasteiger charge is 2.36. The van der Waals surface area contributed by atoms with Gasteiger partial charge >= 0.3 is 0 Å². The summed E-state index contributed by atoms with van der Waals surface area (Å²) in [4.78, 5) is 11.6. The summed E-state index contributed by atoms with van der Waals surface area (Å²) in [6, 6.07) is 6.26. The number of hydrogen-bond donors (Lipinski definition) is 2. The van der Waals surface area contributed by atoms with Gasteiger partial charge in [-0.25, -0.2) is 4.39 Å². The van der Waals surface area contributed by atoms with E-state index >= 15 is 0 Å². The molecule has 4 heteroatoms. The van der Waals surface area contributed by atoms with Gasteiger partial charge in [0.25, 0.3) is 0 Å². The molecular weight excluding hydrogens is 219 g/mol. The monoisotopic (exact) mass is 238 g/mol. The molecular formula is C13H19FN2O. The maximum Gasteiger partial charge on any atom is 0.242 e. The third-order valence-electron chi connectivity index (χ3n) is 3.05. The van der Waals surface area contributed by atoms with Gasteiger partial charge in [0.2, 0.25) is 5.91 Å². The number of rotatable bonds is 5. The van der Waals surface area contributed by atoms with Crippen LogP contribution in [0.15, 0.2) is 24.3 Å². The number of nitrogens with two attached hydrogens (primary N) is 1. The van der Waals surface area contributed by atoms with Crippen molar-refractivity contribution in [3.05, 3.63) is 35.6 Å². The summed E-state index contributed by atoms with van der Waals surface area (Å²) in [5, 5.41) is 3.09. The quantitative estimate of drug-likeness (QED) is 0.823. The predicted octanol–water partition coefficient (Wildman–Crippen LogP) is 1.91. The van der Waals surface area contributed by atoms with Crippen LogP contribution in [0.1, 0.15) is 32.8 Å². The molecule has 2 unspecified atom stereocenters. The van der Waals surface area contributed by atoms with Crippen molar-refractivity contribution in [1.82, 2.24) is 5.32 Å². The smallest absolute Gasteiger partial charge is 0.242 e. The number of carbonyl (C=O) groups is 1. The van der Waals surface area contributed by atoms with E-state index in [-0.39, 0.29) is 11.6 Å². The van der Waals surface area contributed by atoms with Crippen LogP contribution in [0.3, 0.4) is 0 Å². The third-order valence-corrected chi connectivity index (χ3v) is 3.05. The van der Waals surface area contributed by atoms with Crippen LogP contribution in [0, 0.1) is 5.82 Å². The lowest BCUT2D eigenvalue weighted by Crippen LogP contribution is -2.53. The first-order chi connectivity index (χ1) is 7.91. The second kappa shape index (κ2) is 5.27. The fraction of sp³-hybridized carbons (Fsp3) is 0.462. The van der Waals surface area contributed by atoms with Gasteiger partial charge in [-0.15, -0.1) is 0 Å². The van der Waals surface area contributed by atoms with E-state index in [0.29, 0.717) is 0 Å². The van der Waals surface area contributed by atoms with Crippen molar-refractivity contribution in [2.75, 3.05) is 0 Å². The van der Waals surface area contributed by atoms with Crippen LogP contribution < -0.4 is 11.1 Å². The Morgan fingerprint density at radius 2 is 2.12 bits per heavy atom. The van der Waals surface area contributed by atoms with Crippen LogP contribution in [0.25, 0.3) is 0 Å². The minimum Gasteiger partial charge on any atom is -0.368 e. The van der Waals surface area contributed by atoms with Crippen molar-refractivity contribution in [1.29, 1.82) is 0 Å². The summed E-state index contributed by atoms with van der Waals surface area (Å²) < 4.78 is 13.8. The van der Waals surface area contributed by atoms with Gasteiger partial charge in [0.1, 0.15) is 11.4 Å². The van der Waals surface area contributed by atoms with E-state index in [2.05, 4.69) is 5.32 Å². The standard InChI is InChI=1S/C13H19FN2O/c1-4-9(2)16-13(3,12(15)17)10-7-5-6-8-11(10)14/h5-9,16H,4H2,1-3H3,(H2,15,17). The number of nitrogens with one attached hydrogen (secondary N) is 1. The number of hydrogen-bond acceptors (Lipinski definition) is 2. The van der Waals surface area contributed by atoms with E-state index in [1.165, 1.54) is 6.07 Å². The Labute approximate surface area is 101 Å². The van der Waals surface area contributed by atoms with Crippen LogP contribution in [0.2, 0.25) is 0 Å². The molecule has 1 amide bonds. The highest BCUT2D eigenvalue weighted by molar-refractivity contribution is 5.85. The van der Waals surface area contributed by atoms with E-state index in [1.807, 2.05) is 13.8 Å². The molecule has 3 N–H and O–H groups in total. The molecule has 0 bridgehead atoms. The first-order valence-corrected chi connectivity index (χ1v) is 5.74. The fourth-order valence-corrected chi connectivity index (χ4v) is 1.74. The fourth-order valence-electron chi connectivity index (χ4n) is 1.74. The van der Waals surface area contributed by atoms with Crippen molar-refractivity contribution >= 4 is 5.91 Å². The Morgan fingerprint density at radius 3 is 2.59 bits per heavy atom. The van der Waals surface area contributed by atoms with Gasteiger partial charge in [-0.2, -0.15) is 0 Å². The molecule has 0 aliphatic carbocycles. The zero-order valence-corrected chi connectivity index (χ0v) is 10.5. The molecule has 0 aromatic heterocycles. The summed E-state index contributed by atoms with van der Waals surface area (Å²) in [7, 11) is 0. The average molecular weight is 238 g/mol. The largest absolute Gasteiger partial charge is 0.368 e. The van der Waals surface area contributed by atoms with Gasteiger partial charge in [-0.3, -0.25) is 10.1 Å². The van der Waals surface area contributed by atoms with Crippen molar-refractivity contribution < 1.29 is 9.18 Å². The third kappa shape index (κ3) is 2.82. The van der Waals surface area contributed by atoms with Gasteiger partial charge in [-0.1, -0.05) is 25.1 Å². The topological polar surface area (TPSA) is 55.1 Å². The highest BCUT2D eigenvalue weighted by atomic mass is 19.1. The van der Waals surface area contributed by atoms with Gasteiger partial charge in [0, 0.05) is 11.6 Å². The minimum atomic E-state index is -1.18. The van der Waals surface area contributed by atoms with Gasteiger partial charge in [0.05, 0.1) is 0 Å². The molecule has 0 fully saturated rings. The maximum atomic E-state index is 13.8. The molecule has 0 heterocycles. The van der Waals surface area contributed by atoms with E-state index in [1.54, 1.807) is 25.1 Å². The molecule has 2 atom stereocenters. The lowest BCUT2D eigenvalue weighted by Gasteiger charge is -2.31. The first kappa shape index (κ1) is 13.6. The van der Waals surface area contributed by atoms with Crippen LogP contribution in [-0.4, -0.2) is 11.9 Å². The van der Waals surface area contributed by atoms with E-state index < -0.39 is 17.3 Å². The lowest BCUT2D eigenvalue weighted by atomic mass is 9.89. The molecule has 94 valence electrons. The zero-order valence-electron chi connectivity index (χ0n) is 10.5. The average Bonchev–Trinajstić information content (AvgIpc) is 2.28. The van der Waals surface area contributed by atoms with Crippen molar-refractivity contribution in [2.24, 2.45) is 5.73 Å². The van der Waals surface area contributed by atoms with Gasteiger partial charge < -0.3 is 5.73 Å². The molecule has 0 aliphatic rings. The summed E-state index contributed by atoms with van der Waals surface area (Å²) in [5.74, 6) is -1.01. The second-order valence-corrected chi connectivity index (χ2v) is 4.42. The number of amides is 1. The Bertz CT molecular complexity index is 408. The van der Waals surface area contributed by atoms with E-state index in [9.17, 15) is 9.18 Å². The molecule has 0 aliphatic heterocycles. The number of halogens is 1. The zero-order chi connectivity index (χ0) is 13.1. The first-order valence-electron chi connectivity index (χ1n) is 5.74. The minimum absolute atomic E-state index is 0.0760. The molecule has 0 saturated heterocycles. The molecule has 0 saturated carbocycles. The lowest BCUT2D eigenvalue weighted by molar-refractivity contribution is -0.124. The normalized spacial score (nSPS) is 16.2. The van der Waals surface area contributed by atoms with Crippen molar-refractivity contribution in [3.63, 3.8) is 0 Å². The number of carbonyl (C=O) groups excluding carboxylic acids is 1. The maximum absolute atomic E-state index is 13.8. The summed E-state index contributed by atoms with van der Waals surface area (Å²) in [5.41, 5.74) is 4.51. The molecule has 1 aromatic carbocycles. The Balaban J connectivity index is 3.17. The molecule has 17 heavy (non-hydrogen) atoms. The van der Waals surface area contributed by atoms with Crippen LogP contribution in [0.4, 0.5) is 4.39 Å². The number of primary amides is 1. The van der Waals surface area contributed by atoms with Crippen molar-refractivity contribution in [3.8, 4) is 0 Å². The van der Waals surface area contributed by atoms with Crippen LogP contribution in [0.5, 0.6) is 0 Å². The van der Waals surface area contributed by atoms with Crippen LogP contribution in [-0.2, 0) is 10.3 Å². The Hall–Kier alpha value is -1.42. The Morgan fingerprint density at radius 1 is 1.53 bits per heavy atom. The summed E-state index contributed by atoms with van der Waals surface area (Å²) in [6.07, 6.45) is 0.831. The van der Waals surface area contributed by atoms with E-state index in [0.717, 1.165) is 6.42 Å². The predicted molar refractivity (Wildman–Crippen MR) is 65.8 cm³/mol. The summed E-state index contributed by atoms with van der Waals surface area (Å²) >= 11 is 0. The Kier molecular flexibility index (Phi) is 4.23. The van der Waals surface area contributed by atoms with Crippen LogP contribution >= 0.6 is 0 Å².